The van der Waals surface area contributed by atoms with Crippen LogP contribution in [0.1, 0.15) is 22.8 Å². The summed E-state index contributed by atoms with van der Waals surface area (Å²) >= 11 is 12.1. The number of ether oxygens (including phenoxy) is 2. The Hall–Kier alpha value is -3.21. The molecule has 4 rings (SSSR count). The van der Waals surface area contributed by atoms with E-state index in [4.69, 9.17) is 32.7 Å². The second-order valence-corrected chi connectivity index (χ2v) is 8.01. The van der Waals surface area contributed by atoms with Gasteiger partial charge in [0.15, 0.2) is 0 Å². The number of fused-ring (bicyclic) bond motifs is 1. The Morgan fingerprint density at radius 2 is 1.59 bits per heavy atom. The van der Waals surface area contributed by atoms with Gasteiger partial charge in [-0.1, -0.05) is 59.6 Å². The quantitative estimate of drug-likeness (QED) is 0.309. The average molecular weight is 466 g/mol. The molecule has 0 aliphatic rings. The van der Waals surface area contributed by atoms with Gasteiger partial charge in [0, 0.05) is 32.2 Å². The molecule has 0 saturated carbocycles. The van der Waals surface area contributed by atoms with Crippen molar-refractivity contribution in [2.45, 2.75) is 13.5 Å². The summed E-state index contributed by atoms with van der Waals surface area (Å²) in [6.45, 7) is 2.68. The maximum Gasteiger partial charge on any atom is 0.255 e. The molecule has 0 aliphatic heterocycles. The summed E-state index contributed by atoms with van der Waals surface area (Å²) in [5.41, 5.74) is 1.77. The van der Waals surface area contributed by atoms with E-state index >= 15 is 0 Å². The van der Waals surface area contributed by atoms with Gasteiger partial charge < -0.3 is 14.8 Å². The molecule has 0 radical (unpaired) electrons. The molecule has 6 heteroatoms. The molecule has 0 aliphatic carbocycles. The Bertz CT molecular complexity index is 1250. The zero-order chi connectivity index (χ0) is 22.5. The molecule has 4 nitrogen and oxygen atoms in total. The van der Waals surface area contributed by atoms with Gasteiger partial charge in [-0.3, -0.25) is 4.79 Å². The molecule has 0 heterocycles. The Morgan fingerprint density at radius 3 is 2.38 bits per heavy atom. The highest BCUT2D eigenvalue weighted by atomic mass is 35.5. The summed E-state index contributed by atoms with van der Waals surface area (Å²) < 4.78 is 11.9. The van der Waals surface area contributed by atoms with E-state index in [2.05, 4.69) is 5.32 Å². The molecule has 4 aromatic rings. The summed E-state index contributed by atoms with van der Waals surface area (Å²) in [5, 5.41) is 5.85. The van der Waals surface area contributed by atoms with Crippen molar-refractivity contribution in [3.05, 3.63) is 100 Å². The van der Waals surface area contributed by atoms with Crippen LogP contribution < -0.4 is 14.8 Å². The Kier molecular flexibility index (Phi) is 6.84. The van der Waals surface area contributed by atoms with E-state index in [0.717, 1.165) is 22.1 Å². The molecule has 32 heavy (non-hydrogen) atoms. The number of hydrogen-bond acceptors (Lipinski definition) is 3. The number of benzene rings is 4. The van der Waals surface area contributed by atoms with Crippen LogP contribution in [0.25, 0.3) is 10.8 Å². The third-order valence-electron chi connectivity index (χ3n) is 4.88. The number of halogens is 2. The molecular weight excluding hydrogens is 445 g/mol. The molecule has 162 valence electrons. The third-order valence-corrected chi connectivity index (χ3v) is 5.31. The summed E-state index contributed by atoms with van der Waals surface area (Å²) in [6.07, 6.45) is 0. The number of hydrogen-bond donors (Lipinski definition) is 1. The largest absolute Gasteiger partial charge is 0.493 e. The molecule has 0 fully saturated rings. The molecule has 0 atom stereocenters. The first-order valence-corrected chi connectivity index (χ1v) is 10.9. The Morgan fingerprint density at radius 1 is 0.844 bits per heavy atom. The molecule has 1 amide bonds. The highest BCUT2D eigenvalue weighted by Crippen LogP contribution is 2.29. The van der Waals surface area contributed by atoms with E-state index < -0.39 is 0 Å². The zero-order valence-corrected chi connectivity index (χ0v) is 18.9. The summed E-state index contributed by atoms with van der Waals surface area (Å²) in [4.78, 5) is 12.8. The fraction of sp³-hybridized carbons (Fsp3) is 0.115. The van der Waals surface area contributed by atoms with Gasteiger partial charge in [0.1, 0.15) is 18.1 Å². The standard InChI is InChI=1S/C26H21Cl2NO3/c1-2-31-24-11-10-18(26(30)29-22-14-20(27)13-21(28)15-22)12-19(24)16-32-25-9-5-7-17-6-3-4-8-23(17)25/h3-15H,2,16H2,1H3,(H,29,30). The minimum atomic E-state index is -0.280. The molecule has 0 unspecified atom stereocenters. The lowest BCUT2D eigenvalue weighted by molar-refractivity contribution is 0.102. The van der Waals surface area contributed by atoms with Crippen molar-refractivity contribution in [2.75, 3.05) is 11.9 Å². The summed E-state index contributed by atoms with van der Waals surface area (Å²) in [6, 6.07) is 24.1. The smallest absolute Gasteiger partial charge is 0.255 e. The van der Waals surface area contributed by atoms with Gasteiger partial charge in [0.2, 0.25) is 0 Å². The Balaban J connectivity index is 1.58. The van der Waals surface area contributed by atoms with E-state index in [1.165, 1.54) is 0 Å². The monoisotopic (exact) mass is 465 g/mol. The number of carbonyl (C=O) groups is 1. The van der Waals surface area contributed by atoms with Gasteiger partial charge in [-0.2, -0.15) is 0 Å². The van der Waals surface area contributed by atoms with Crippen LogP contribution in [0.4, 0.5) is 5.69 Å². The second-order valence-electron chi connectivity index (χ2n) is 7.13. The van der Waals surface area contributed by atoms with Crippen molar-refractivity contribution in [1.82, 2.24) is 0 Å². The van der Waals surface area contributed by atoms with Crippen molar-refractivity contribution < 1.29 is 14.3 Å². The summed E-state index contributed by atoms with van der Waals surface area (Å²) in [7, 11) is 0. The van der Waals surface area contributed by atoms with Crippen LogP contribution >= 0.6 is 23.2 Å². The fourth-order valence-electron chi connectivity index (χ4n) is 3.44. The molecule has 4 aromatic carbocycles. The van der Waals surface area contributed by atoms with Gasteiger partial charge in [-0.05, 0) is 54.8 Å². The highest BCUT2D eigenvalue weighted by Gasteiger charge is 2.13. The molecule has 0 saturated heterocycles. The predicted molar refractivity (Wildman–Crippen MR) is 130 cm³/mol. The van der Waals surface area contributed by atoms with Crippen molar-refractivity contribution in [1.29, 1.82) is 0 Å². The van der Waals surface area contributed by atoms with Crippen LogP contribution in [0.3, 0.4) is 0 Å². The van der Waals surface area contributed by atoms with Gasteiger partial charge >= 0.3 is 0 Å². The molecular formula is C26H21Cl2NO3. The predicted octanol–water partition coefficient (Wildman–Crippen LogP) is 7.38. The minimum absolute atomic E-state index is 0.257. The second kappa shape index (κ2) is 9.94. The van der Waals surface area contributed by atoms with E-state index in [9.17, 15) is 4.79 Å². The molecule has 0 aromatic heterocycles. The van der Waals surface area contributed by atoms with Gasteiger partial charge in [0.25, 0.3) is 5.91 Å². The van der Waals surface area contributed by atoms with Crippen molar-refractivity contribution in [3.8, 4) is 11.5 Å². The number of amides is 1. The van der Waals surface area contributed by atoms with Crippen LogP contribution in [-0.4, -0.2) is 12.5 Å². The number of rotatable bonds is 7. The van der Waals surface area contributed by atoms with Crippen LogP contribution in [0, 0.1) is 0 Å². The first kappa shape index (κ1) is 22.0. The van der Waals surface area contributed by atoms with Crippen molar-refractivity contribution in [3.63, 3.8) is 0 Å². The van der Waals surface area contributed by atoms with Crippen molar-refractivity contribution >= 4 is 45.6 Å². The lowest BCUT2D eigenvalue weighted by Gasteiger charge is -2.14. The van der Waals surface area contributed by atoms with Crippen LogP contribution in [0.15, 0.2) is 78.9 Å². The zero-order valence-electron chi connectivity index (χ0n) is 17.4. The van der Waals surface area contributed by atoms with Crippen molar-refractivity contribution in [2.24, 2.45) is 0 Å². The lowest BCUT2D eigenvalue weighted by atomic mass is 10.1. The first-order chi connectivity index (χ1) is 15.5. The van der Waals surface area contributed by atoms with Crippen LogP contribution in [0.5, 0.6) is 11.5 Å². The lowest BCUT2D eigenvalue weighted by Crippen LogP contribution is -2.13. The third kappa shape index (κ3) is 5.16. The normalized spacial score (nSPS) is 10.7. The first-order valence-electron chi connectivity index (χ1n) is 10.2. The average Bonchev–Trinajstić information content (AvgIpc) is 2.78. The number of nitrogens with one attached hydrogen (secondary N) is 1. The fourth-order valence-corrected chi connectivity index (χ4v) is 3.96. The van der Waals surface area contributed by atoms with E-state index in [0.29, 0.717) is 33.7 Å². The van der Waals surface area contributed by atoms with Gasteiger partial charge in [0.05, 0.1) is 6.61 Å². The van der Waals surface area contributed by atoms with Crippen LogP contribution in [0.2, 0.25) is 10.0 Å². The summed E-state index contributed by atoms with van der Waals surface area (Å²) in [5.74, 6) is 1.17. The van der Waals surface area contributed by atoms with E-state index in [-0.39, 0.29) is 12.5 Å². The SMILES string of the molecule is CCOc1ccc(C(=O)Nc2cc(Cl)cc(Cl)c2)cc1COc1cccc2ccccc12. The Labute approximate surface area is 196 Å². The van der Waals surface area contributed by atoms with Gasteiger partial charge in [-0.15, -0.1) is 0 Å². The molecule has 1 N–H and O–H groups in total. The topological polar surface area (TPSA) is 47.6 Å². The highest BCUT2D eigenvalue weighted by molar-refractivity contribution is 6.35. The van der Waals surface area contributed by atoms with E-state index in [1.807, 2.05) is 49.4 Å². The van der Waals surface area contributed by atoms with E-state index in [1.54, 1.807) is 36.4 Å². The molecule has 0 bridgehead atoms. The van der Waals surface area contributed by atoms with Crippen LogP contribution in [-0.2, 0) is 6.61 Å². The number of carbonyl (C=O) groups excluding carboxylic acids is 1. The van der Waals surface area contributed by atoms with Gasteiger partial charge in [-0.25, -0.2) is 0 Å². The maximum atomic E-state index is 12.8. The maximum absolute atomic E-state index is 12.8. The minimum Gasteiger partial charge on any atom is -0.493 e. The number of anilines is 1. The molecule has 0 spiro atoms.